The van der Waals surface area contributed by atoms with Gasteiger partial charge in [-0.15, -0.1) is 0 Å². The third-order valence-corrected chi connectivity index (χ3v) is 7.28. The average Bonchev–Trinajstić information content (AvgIpc) is 2.67. The molecule has 0 N–H and O–H groups in total. The Morgan fingerprint density at radius 1 is 1.15 bits per heavy atom. The van der Waals surface area contributed by atoms with Crippen LogP contribution in [0, 0.1) is 5.92 Å². The number of thioether (sulfide) groups is 1. The van der Waals surface area contributed by atoms with Crippen molar-refractivity contribution < 1.29 is 4.79 Å². The summed E-state index contributed by atoms with van der Waals surface area (Å²) in [5.74, 6) is 1.19. The van der Waals surface area contributed by atoms with Crippen LogP contribution < -0.4 is 5.56 Å². The zero-order valence-electron chi connectivity index (χ0n) is 14.6. The molecule has 4 rings (SSSR count). The summed E-state index contributed by atoms with van der Waals surface area (Å²) in [6, 6.07) is 12.9. The minimum Gasteiger partial charge on any atom is -0.356 e. The fourth-order valence-corrected chi connectivity index (χ4v) is 5.33. The molecule has 2 atom stereocenters. The highest BCUT2D eigenvalue weighted by Crippen LogP contribution is 2.36. The van der Waals surface area contributed by atoms with E-state index in [0.29, 0.717) is 23.2 Å². The second-order valence-corrected chi connectivity index (χ2v) is 9.61. The van der Waals surface area contributed by atoms with Crippen molar-refractivity contribution in [2.45, 2.75) is 18.9 Å². The normalized spacial score (nSPS) is 20.9. The first kappa shape index (κ1) is 18.9. The van der Waals surface area contributed by atoms with Gasteiger partial charge in [-0.05, 0) is 30.5 Å². The van der Waals surface area contributed by atoms with E-state index in [4.69, 9.17) is 12.2 Å². The lowest BCUT2D eigenvalue weighted by atomic mass is 9.83. The molecule has 3 heterocycles. The van der Waals surface area contributed by atoms with Crippen LogP contribution in [-0.2, 0) is 6.54 Å². The van der Waals surface area contributed by atoms with Crippen LogP contribution in [0.5, 0.6) is 0 Å². The van der Waals surface area contributed by atoms with Crippen LogP contribution in [0.25, 0.3) is 0 Å². The number of aromatic nitrogens is 1. The van der Waals surface area contributed by atoms with Gasteiger partial charge in [-0.2, -0.15) is 0 Å². The van der Waals surface area contributed by atoms with Gasteiger partial charge in [-0.3, -0.25) is 9.59 Å². The fraction of sp³-hybridized carbons (Fsp3) is 0.350. The lowest BCUT2D eigenvalue weighted by molar-refractivity contribution is 0.102. The van der Waals surface area contributed by atoms with Crippen LogP contribution in [-0.4, -0.2) is 38.4 Å². The molecular weight excluding hydrogens is 444 g/mol. The summed E-state index contributed by atoms with van der Waals surface area (Å²) in [5.41, 5.74) is 1.91. The molecule has 4 nitrogen and oxygen atoms in total. The first-order valence-corrected chi connectivity index (χ1v) is 11.1. The van der Waals surface area contributed by atoms with Crippen molar-refractivity contribution in [3.05, 3.63) is 68.5 Å². The van der Waals surface area contributed by atoms with Crippen molar-refractivity contribution in [2.75, 3.05) is 18.8 Å². The first-order valence-electron chi connectivity index (χ1n) is 8.91. The van der Waals surface area contributed by atoms with Crippen LogP contribution in [0.3, 0.4) is 0 Å². The van der Waals surface area contributed by atoms with E-state index in [1.807, 2.05) is 34.9 Å². The Hall–Kier alpha value is -1.44. The van der Waals surface area contributed by atoms with Crippen molar-refractivity contribution in [1.29, 1.82) is 0 Å². The maximum absolute atomic E-state index is 12.4. The number of rotatable bonds is 3. The zero-order valence-corrected chi connectivity index (χ0v) is 17.9. The number of ketones is 1. The third-order valence-electron chi connectivity index (χ3n) is 5.23. The maximum Gasteiger partial charge on any atom is 0.250 e. The van der Waals surface area contributed by atoms with E-state index < -0.39 is 0 Å². The Morgan fingerprint density at radius 2 is 1.93 bits per heavy atom. The molecule has 1 aromatic heterocycles. The standard InChI is InChI=1S/C20H19BrN2O2S2/c21-16-6-4-14(5-7-16)18(24)12-27-20(26)22-9-13-8-15(11-22)17-2-1-3-19(25)23(17)10-13/h1-7,13,15H,8-12H2/t13-,15+/m1/s1. The molecule has 0 saturated carbocycles. The van der Waals surface area contributed by atoms with E-state index >= 15 is 0 Å². The molecule has 0 unspecified atom stereocenters. The van der Waals surface area contributed by atoms with Crippen LogP contribution in [0.15, 0.2) is 51.7 Å². The summed E-state index contributed by atoms with van der Waals surface area (Å²) in [7, 11) is 0. The zero-order chi connectivity index (χ0) is 19.0. The molecule has 0 spiro atoms. The number of carbonyl (C=O) groups is 1. The van der Waals surface area contributed by atoms with E-state index in [1.54, 1.807) is 6.07 Å². The van der Waals surface area contributed by atoms with E-state index in [9.17, 15) is 9.59 Å². The second-order valence-electron chi connectivity index (χ2n) is 7.09. The number of Topliss-reactive ketones (excluding diaryl/α,β-unsaturated/α-hetero) is 1. The molecule has 1 aromatic carbocycles. The molecule has 2 aliphatic rings. The molecule has 7 heteroatoms. The largest absolute Gasteiger partial charge is 0.356 e. The lowest BCUT2D eigenvalue weighted by Crippen LogP contribution is -2.48. The molecule has 0 aliphatic carbocycles. The van der Waals surface area contributed by atoms with Crippen molar-refractivity contribution in [2.24, 2.45) is 5.92 Å². The molecule has 2 aliphatic heterocycles. The third kappa shape index (κ3) is 4.05. The van der Waals surface area contributed by atoms with Crippen molar-refractivity contribution in [3.63, 3.8) is 0 Å². The number of thiocarbonyl (C=S) groups is 1. The molecule has 140 valence electrons. The van der Waals surface area contributed by atoms with Gasteiger partial charge in [0.25, 0.3) is 5.56 Å². The summed E-state index contributed by atoms with van der Waals surface area (Å²) >= 11 is 10.5. The summed E-state index contributed by atoms with van der Waals surface area (Å²) in [5, 5.41) is 0. The number of piperidine rings is 1. The van der Waals surface area contributed by atoms with Crippen LogP contribution in [0.4, 0.5) is 0 Å². The van der Waals surface area contributed by atoms with E-state index in [1.165, 1.54) is 11.8 Å². The topological polar surface area (TPSA) is 42.3 Å². The van der Waals surface area contributed by atoms with Gasteiger partial charge >= 0.3 is 0 Å². The Morgan fingerprint density at radius 3 is 2.70 bits per heavy atom. The minimum atomic E-state index is 0.0870. The van der Waals surface area contributed by atoms with Crippen LogP contribution in [0.2, 0.25) is 0 Å². The fourth-order valence-electron chi connectivity index (χ4n) is 3.98. The van der Waals surface area contributed by atoms with Gasteiger partial charge in [-0.1, -0.05) is 58.1 Å². The molecule has 2 aromatic rings. The van der Waals surface area contributed by atoms with Gasteiger partial charge in [0, 0.05) is 47.3 Å². The number of hydrogen-bond acceptors (Lipinski definition) is 4. The first-order chi connectivity index (χ1) is 13.0. The molecular formula is C20H19BrN2O2S2. The highest BCUT2D eigenvalue weighted by Gasteiger charge is 2.35. The quantitative estimate of drug-likeness (QED) is 0.510. The molecule has 27 heavy (non-hydrogen) atoms. The van der Waals surface area contributed by atoms with E-state index in [0.717, 1.165) is 40.5 Å². The van der Waals surface area contributed by atoms with Gasteiger partial charge in [0.05, 0.1) is 5.75 Å². The van der Waals surface area contributed by atoms with Gasteiger partial charge in [-0.25, -0.2) is 0 Å². The molecule has 1 fully saturated rings. The number of benzene rings is 1. The smallest absolute Gasteiger partial charge is 0.250 e. The van der Waals surface area contributed by atoms with E-state index in [2.05, 4.69) is 26.9 Å². The Bertz CT molecular complexity index is 942. The summed E-state index contributed by atoms with van der Waals surface area (Å²) in [6.07, 6.45) is 1.10. The Labute approximate surface area is 176 Å². The molecule has 2 bridgehead atoms. The number of carbonyl (C=O) groups excluding carboxylic acids is 1. The van der Waals surface area contributed by atoms with Gasteiger partial charge < -0.3 is 9.47 Å². The maximum atomic E-state index is 12.4. The Kier molecular flexibility index (Phi) is 5.53. The van der Waals surface area contributed by atoms with Crippen molar-refractivity contribution in [3.8, 4) is 0 Å². The number of nitrogens with zero attached hydrogens (tertiary/aromatic N) is 2. The number of pyridine rings is 1. The predicted molar refractivity (Wildman–Crippen MR) is 117 cm³/mol. The summed E-state index contributed by atoms with van der Waals surface area (Å²) in [6.45, 7) is 2.43. The van der Waals surface area contributed by atoms with Crippen molar-refractivity contribution in [1.82, 2.24) is 9.47 Å². The summed E-state index contributed by atoms with van der Waals surface area (Å²) in [4.78, 5) is 26.7. The molecule has 0 radical (unpaired) electrons. The van der Waals surface area contributed by atoms with Crippen LogP contribution >= 0.6 is 39.9 Å². The number of likely N-dealkylation sites (tertiary alicyclic amines) is 1. The average molecular weight is 463 g/mol. The SMILES string of the molecule is O=C(CSC(=S)N1C[C@H]2C[C@@H](C1)c1cccc(=O)n1C2)c1ccc(Br)cc1. The molecule has 1 saturated heterocycles. The second kappa shape index (κ2) is 7.89. The Balaban J connectivity index is 1.40. The van der Waals surface area contributed by atoms with E-state index in [-0.39, 0.29) is 11.3 Å². The number of hydrogen-bond donors (Lipinski definition) is 0. The van der Waals surface area contributed by atoms with Gasteiger partial charge in [0.15, 0.2) is 5.78 Å². The monoisotopic (exact) mass is 462 g/mol. The number of fused-ring (bicyclic) bond motifs is 4. The van der Waals surface area contributed by atoms with Crippen LogP contribution in [0.1, 0.15) is 28.4 Å². The molecule has 0 amide bonds. The highest BCUT2D eigenvalue weighted by atomic mass is 79.9. The predicted octanol–water partition coefficient (Wildman–Crippen LogP) is 3.93. The van der Waals surface area contributed by atoms with Crippen molar-refractivity contribution >= 4 is 50.0 Å². The van der Waals surface area contributed by atoms with Gasteiger partial charge in [0.1, 0.15) is 4.32 Å². The minimum absolute atomic E-state index is 0.0870. The summed E-state index contributed by atoms with van der Waals surface area (Å²) < 4.78 is 3.66. The number of halogens is 1. The lowest BCUT2D eigenvalue weighted by Gasteiger charge is -2.43. The highest BCUT2D eigenvalue weighted by molar-refractivity contribution is 9.10. The van der Waals surface area contributed by atoms with Gasteiger partial charge in [0.2, 0.25) is 0 Å².